The van der Waals surface area contributed by atoms with E-state index in [4.69, 9.17) is 10.7 Å². The Morgan fingerprint density at radius 2 is 1.89 bits per heavy atom. The number of hydrogen-bond acceptors (Lipinski definition) is 4. The third-order valence-electron chi connectivity index (χ3n) is 5.02. The molecule has 0 amide bonds. The van der Waals surface area contributed by atoms with Crippen LogP contribution in [0.1, 0.15) is 43.5 Å². The van der Waals surface area contributed by atoms with Crippen molar-refractivity contribution >= 4 is 39.1 Å². The molecule has 0 atom stereocenters. The van der Waals surface area contributed by atoms with Crippen LogP contribution in [0.3, 0.4) is 0 Å². The molecule has 2 aromatic heterocycles. The lowest BCUT2D eigenvalue weighted by atomic mass is 9.96. The topological polar surface area (TPSA) is 67.4 Å². The van der Waals surface area contributed by atoms with E-state index in [0.29, 0.717) is 12.0 Å². The van der Waals surface area contributed by atoms with Gasteiger partial charge in [0.15, 0.2) is 0 Å². The molecule has 5 nitrogen and oxygen atoms in total. The van der Waals surface area contributed by atoms with Crippen molar-refractivity contribution in [1.29, 1.82) is 0 Å². The van der Waals surface area contributed by atoms with Gasteiger partial charge in [-0.05, 0) is 56.4 Å². The van der Waals surface area contributed by atoms with Crippen LogP contribution in [0.5, 0.6) is 0 Å². The summed E-state index contributed by atoms with van der Waals surface area (Å²) in [5.74, 6) is 0.543. The van der Waals surface area contributed by atoms with Crippen LogP contribution in [0.2, 0.25) is 0 Å². The van der Waals surface area contributed by atoms with Gasteiger partial charge in [-0.15, -0.1) is 0 Å². The molecular weight excluding hydrogens is 354 g/mol. The van der Waals surface area contributed by atoms with Crippen LogP contribution in [0, 0.1) is 13.8 Å². The Balaban J connectivity index is 1.85. The van der Waals surface area contributed by atoms with Crippen LogP contribution in [0.4, 0.5) is 10.7 Å². The second-order valence-corrected chi connectivity index (χ2v) is 8.00. The molecule has 140 valence electrons. The lowest BCUT2D eigenvalue weighted by Gasteiger charge is -2.26. The summed E-state index contributed by atoms with van der Waals surface area (Å²) in [7, 11) is 0. The van der Waals surface area contributed by atoms with Gasteiger partial charge in [-0.25, -0.2) is 4.99 Å². The lowest BCUT2D eigenvalue weighted by Crippen LogP contribution is -2.35. The van der Waals surface area contributed by atoms with E-state index in [1.807, 2.05) is 32.0 Å². The van der Waals surface area contributed by atoms with Gasteiger partial charge in [-0.3, -0.25) is 9.88 Å². The van der Waals surface area contributed by atoms with Gasteiger partial charge in [0.25, 0.3) is 0 Å². The smallest absolute Gasteiger partial charge is 0.201 e. The molecule has 4 rings (SSSR count). The average molecular weight is 380 g/mol. The minimum absolute atomic E-state index is 0.310. The van der Waals surface area contributed by atoms with Gasteiger partial charge < -0.3 is 5.73 Å². The van der Waals surface area contributed by atoms with Crippen LogP contribution in [0.25, 0.3) is 10.9 Å². The molecule has 0 spiro atoms. The number of aliphatic imine (C=N–C) groups is 1. The number of rotatable bonds is 3. The number of benzene rings is 1. The third-order valence-corrected chi connectivity index (χ3v) is 5.88. The number of hydrogen-bond donors (Lipinski definition) is 1. The van der Waals surface area contributed by atoms with Crippen LogP contribution < -0.4 is 10.6 Å². The van der Waals surface area contributed by atoms with Gasteiger partial charge >= 0.3 is 0 Å². The second-order valence-electron chi connectivity index (χ2n) is 7.22. The molecule has 0 unspecified atom stereocenters. The summed E-state index contributed by atoms with van der Waals surface area (Å²) in [4.78, 5) is 11.6. The SMILES string of the molecule is Cc1cc(N(C(N)=NC2CCCCC2)c2cc(C)nc3ccccc23)sn1. The van der Waals surface area contributed by atoms with E-state index in [1.54, 1.807) is 0 Å². The quantitative estimate of drug-likeness (QED) is 0.508. The molecule has 1 aromatic carbocycles. The summed E-state index contributed by atoms with van der Waals surface area (Å²) in [6, 6.07) is 12.6. The first-order valence-electron chi connectivity index (χ1n) is 9.55. The minimum Gasteiger partial charge on any atom is -0.369 e. The first kappa shape index (κ1) is 17.9. The maximum absolute atomic E-state index is 6.60. The van der Waals surface area contributed by atoms with E-state index >= 15 is 0 Å². The third kappa shape index (κ3) is 3.81. The second kappa shape index (κ2) is 7.64. The van der Waals surface area contributed by atoms with E-state index in [-0.39, 0.29) is 0 Å². The monoisotopic (exact) mass is 379 g/mol. The Labute approximate surface area is 164 Å². The van der Waals surface area contributed by atoms with Crippen LogP contribution in [-0.2, 0) is 0 Å². The Hall–Kier alpha value is -2.47. The minimum atomic E-state index is 0.310. The fourth-order valence-electron chi connectivity index (χ4n) is 3.74. The Bertz CT molecular complexity index is 972. The first-order chi connectivity index (χ1) is 13.1. The largest absolute Gasteiger partial charge is 0.369 e. The molecule has 6 heteroatoms. The molecule has 2 heterocycles. The number of fused-ring (bicyclic) bond motifs is 1. The van der Waals surface area contributed by atoms with Crippen molar-refractivity contribution in [1.82, 2.24) is 9.36 Å². The molecular formula is C21H25N5S. The molecule has 0 radical (unpaired) electrons. The highest BCUT2D eigenvalue weighted by Crippen LogP contribution is 2.35. The Kier molecular flexibility index (Phi) is 5.07. The lowest BCUT2D eigenvalue weighted by molar-refractivity contribution is 0.443. The predicted octanol–water partition coefficient (Wildman–Crippen LogP) is 5.09. The van der Waals surface area contributed by atoms with Crippen molar-refractivity contribution in [3.8, 4) is 0 Å². The summed E-state index contributed by atoms with van der Waals surface area (Å²) in [5.41, 5.74) is 10.5. The van der Waals surface area contributed by atoms with E-state index in [2.05, 4.69) is 32.5 Å². The van der Waals surface area contributed by atoms with E-state index < -0.39 is 0 Å². The number of guanidine groups is 1. The molecule has 3 aromatic rings. The van der Waals surface area contributed by atoms with Crippen molar-refractivity contribution in [2.24, 2.45) is 10.7 Å². The van der Waals surface area contributed by atoms with E-state index in [0.717, 1.165) is 45.8 Å². The predicted molar refractivity (Wildman–Crippen MR) is 114 cm³/mol. The molecule has 0 saturated heterocycles. The molecule has 0 bridgehead atoms. The number of anilines is 2. The van der Waals surface area contributed by atoms with E-state index in [9.17, 15) is 0 Å². The highest BCUT2D eigenvalue weighted by Gasteiger charge is 2.21. The van der Waals surface area contributed by atoms with Crippen molar-refractivity contribution in [3.05, 3.63) is 47.8 Å². The standard InChI is InChI=1S/C21H25N5S/c1-14-12-19(17-10-6-7-11-18(17)23-14)26(20-13-15(2)25-27-20)21(22)24-16-8-4-3-5-9-16/h6-7,10-13,16H,3-5,8-9H2,1-2H3,(H2,22,24). The summed E-state index contributed by atoms with van der Waals surface area (Å²) in [6.07, 6.45) is 6.01. The zero-order valence-electron chi connectivity index (χ0n) is 15.9. The number of nitrogens with two attached hydrogens (primary N) is 1. The molecule has 1 fully saturated rings. The summed E-state index contributed by atoms with van der Waals surface area (Å²) < 4.78 is 4.47. The molecule has 27 heavy (non-hydrogen) atoms. The number of pyridine rings is 1. The zero-order chi connectivity index (χ0) is 18.8. The molecule has 1 aliphatic carbocycles. The van der Waals surface area contributed by atoms with Crippen LogP contribution in [-0.4, -0.2) is 21.4 Å². The fourth-order valence-corrected chi connectivity index (χ4v) is 4.52. The van der Waals surface area contributed by atoms with Crippen LogP contribution in [0.15, 0.2) is 41.4 Å². The Morgan fingerprint density at radius 3 is 2.63 bits per heavy atom. The van der Waals surface area contributed by atoms with Gasteiger partial charge in [0, 0.05) is 11.1 Å². The number of aromatic nitrogens is 2. The van der Waals surface area contributed by atoms with Gasteiger partial charge in [-0.1, -0.05) is 37.5 Å². The molecule has 0 aliphatic heterocycles. The average Bonchev–Trinajstić information content (AvgIpc) is 3.08. The van der Waals surface area contributed by atoms with Crippen molar-refractivity contribution < 1.29 is 0 Å². The Morgan fingerprint density at radius 1 is 1.11 bits per heavy atom. The van der Waals surface area contributed by atoms with Crippen molar-refractivity contribution in [2.45, 2.75) is 52.0 Å². The summed E-state index contributed by atoms with van der Waals surface area (Å²) in [6.45, 7) is 4.02. The van der Waals surface area contributed by atoms with Gasteiger partial charge in [0.2, 0.25) is 5.96 Å². The maximum Gasteiger partial charge on any atom is 0.201 e. The van der Waals surface area contributed by atoms with Gasteiger partial charge in [0.05, 0.1) is 22.9 Å². The fraction of sp³-hybridized carbons (Fsp3) is 0.381. The maximum atomic E-state index is 6.60. The molecule has 2 N–H and O–H groups in total. The highest BCUT2D eigenvalue weighted by molar-refractivity contribution is 7.10. The van der Waals surface area contributed by atoms with Crippen molar-refractivity contribution in [2.75, 3.05) is 4.90 Å². The first-order valence-corrected chi connectivity index (χ1v) is 10.3. The zero-order valence-corrected chi connectivity index (χ0v) is 16.7. The normalized spacial score (nSPS) is 16.0. The molecule has 1 saturated carbocycles. The number of aryl methyl sites for hydroxylation is 2. The van der Waals surface area contributed by atoms with Gasteiger partial charge in [0.1, 0.15) is 5.00 Å². The molecule has 1 aliphatic rings. The number of para-hydroxylation sites is 1. The van der Waals surface area contributed by atoms with Crippen molar-refractivity contribution in [3.63, 3.8) is 0 Å². The number of nitrogens with zero attached hydrogens (tertiary/aromatic N) is 4. The van der Waals surface area contributed by atoms with E-state index in [1.165, 1.54) is 30.8 Å². The van der Waals surface area contributed by atoms with Gasteiger partial charge in [-0.2, -0.15) is 4.37 Å². The summed E-state index contributed by atoms with van der Waals surface area (Å²) >= 11 is 1.45. The highest BCUT2D eigenvalue weighted by atomic mass is 32.1. The summed E-state index contributed by atoms with van der Waals surface area (Å²) in [5, 5.41) is 2.05. The van der Waals surface area contributed by atoms with Crippen LogP contribution >= 0.6 is 11.5 Å².